The molecule has 0 saturated carbocycles. The second-order valence-electron chi connectivity index (χ2n) is 4.95. The summed E-state index contributed by atoms with van der Waals surface area (Å²) < 4.78 is 14.7. The van der Waals surface area contributed by atoms with Crippen molar-refractivity contribution in [3.05, 3.63) is 35.9 Å². The molecule has 0 N–H and O–H groups in total. The Labute approximate surface area is 138 Å². The van der Waals surface area contributed by atoms with Crippen molar-refractivity contribution < 1.29 is 33.4 Å². The number of hydrogen-bond acceptors (Lipinski definition) is 7. The Hall–Kier alpha value is -2.90. The minimum absolute atomic E-state index is 0.0949. The van der Waals surface area contributed by atoms with Crippen molar-refractivity contribution in [1.29, 1.82) is 0 Å². The molecule has 0 aromatic heterocycles. The lowest BCUT2D eigenvalue weighted by atomic mass is 10.1. The number of benzene rings is 1. The quantitative estimate of drug-likeness (QED) is 0.589. The number of imide groups is 1. The molecule has 1 saturated heterocycles. The molecular weight excluding hydrogens is 318 g/mol. The van der Waals surface area contributed by atoms with E-state index in [2.05, 4.69) is 0 Å². The van der Waals surface area contributed by atoms with E-state index < -0.39 is 36.1 Å². The van der Waals surface area contributed by atoms with Gasteiger partial charge in [-0.1, -0.05) is 30.3 Å². The molecule has 1 aromatic carbocycles. The normalized spacial score (nSPS) is 17.8. The Morgan fingerprint density at radius 2 is 1.96 bits per heavy atom. The lowest BCUT2D eigenvalue weighted by molar-refractivity contribution is -0.161. The third kappa shape index (κ3) is 3.70. The second kappa shape index (κ2) is 7.58. The van der Waals surface area contributed by atoms with Crippen molar-refractivity contribution in [2.24, 2.45) is 0 Å². The van der Waals surface area contributed by atoms with E-state index in [0.29, 0.717) is 10.5 Å². The van der Waals surface area contributed by atoms with Gasteiger partial charge in [-0.15, -0.1) is 0 Å². The summed E-state index contributed by atoms with van der Waals surface area (Å²) in [5.74, 6) is -2.32. The number of rotatable bonds is 5. The first-order valence-corrected chi connectivity index (χ1v) is 7.34. The van der Waals surface area contributed by atoms with E-state index in [9.17, 15) is 19.2 Å². The first kappa shape index (κ1) is 17.5. The van der Waals surface area contributed by atoms with Gasteiger partial charge >= 0.3 is 18.0 Å². The Morgan fingerprint density at radius 1 is 1.29 bits per heavy atom. The van der Waals surface area contributed by atoms with Crippen LogP contribution in [0.1, 0.15) is 25.5 Å². The summed E-state index contributed by atoms with van der Waals surface area (Å²) in [6.45, 7) is 2.55. The molecule has 2 rings (SSSR count). The number of ether oxygens (including phenoxy) is 3. The van der Waals surface area contributed by atoms with Gasteiger partial charge in [0.05, 0.1) is 6.61 Å². The summed E-state index contributed by atoms with van der Waals surface area (Å²) in [5, 5.41) is 0. The van der Waals surface area contributed by atoms with Gasteiger partial charge in [-0.05, 0) is 6.92 Å². The molecule has 0 unspecified atom stereocenters. The largest absolute Gasteiger partial charge is 0.464 e. The lowest BCUT2D eigenvalue weighted by Gasteiger charge is -2.23. The molecule has 1 heterocycles. The van der Waals surface area contributed by atoms with Crippen LogP contribution >= 0.6 is 0 Å². The van der Waals surface area contributed by atoms with E-state index in [1.807, 2.05) is 0 Å². The molecule has 0 radical (unpaired) electrons. The average molecular weight is 335 g/mol. The maximum absolute atomic E-state index is 12.8. The Morgan fingerprint density at radius 3 is 2.54 bits per heavy atom. The molecule has 0 aliphatic carbocycles. The first-order chi connectivity index (χ1) is 11.5. The summed E-state index contributed by atoms with van der Waals surface area (Å²) in [6.07, 6.45) is -2.34. The van der Waals surface area contributed by atoms with Crippen LogP contribution in [0.15, 0.2) is 30.3 Å². The molecule has 0 bridgehead atoms. The lowest BCUT2D eigenvalue weighted by Crippen LogP contribution is -2.47. The van der Waals surface area contributed by atoms with Crippen LogP contribution in [-0.2, 0) is 28.6 Å². The second-order valence-corrected chi connectivity index (χ2v) is 4.95. The smallest absolute Gasteiger partial charge is 0.417 e. The number of esters is 2. The molecule has 8 nitrogen and oxygen atoms in total. The summed E-state index contributed by atoms with van der Waals surface area (Å²) in [6, 6.07) is 6.99. The SMILES string of the molecule is CCOC(=O)[C@@H]1COC(=O)N1C(=O)[C@@H](OC(C)=O)c1ccccc1. The van der Waals surface area contributed by atoms with Gasteiger partial charge in [0.15, 0.2) is 6.04 Å². The van der Waals surface area contributed by atoms with Crippen LogP contribution in [0.25, 0.3) is 0 Å². The maximum Gasteiger partial charge on any atom is 0.417 e. The molecule has 2 atom stereocenters. The number of amides is 2. The summed E-state index contributed by atoms with van der Waals surface area (Å²) in [4.78, 5) is 48.6. The molecule has 1 aromatic rings. The molecular formula is C16H17NO7. The predicted octanol–water partition coefficient (Wildman–Crippen LogP) is 1.20. The molecule has 128 valence electrons. The number of cyclic esters (lactones) is 1. The van der Waals surface area contributed by atoms with Crippen LogP contribution in [0.3, 0.4) is 0 Å². The molecule has 24 heavy (non-hydrogen) atoms. The highest BCUT2D eigenvalue weighted by Gasteiger charge is 2.46. The number of carbonyl (C=O) groups excluding carboxylic acids is 4. The van der Waals surface area contributed by atoms with Crippen molar-refractivity contribution >= 4 is 23.9 Å². The van der Waals surface area contributed by atoms with Gasteiger partial charge in [0.1, 0.15) is 6.61 Å². The van der Waals surface area contributed by atoms with E-state index in [1.165, 1.54) is 0 Å². The van der Waals surface area contributed by atoms with Gasteiger partial charge in [0.25, 0.3) is 5.91 Å². The van der Waals surface area contributed by atoms with Gasteiger partial charge in [0.2, 0.25) is 6.10 Å². The van der Waals surface area contributed by atoms with Crippen LogP contribution in [0.5, 0.6) is 0 Å². The molecule has 1 aliphatic rings. The predicted molar refractivity (Wildman–Crippen MR) is 79.6 cm³/mol. The Bertz CT molecular complexity index is 643. The zero-order chi connectivity index (χ0) is 17.7. The van der Waals surface area contributed by atoms with Crippen molar-refractivity contribution in [3.63, 3.8) is 0 Å². The first-order valence-electron chi connectivity index (χ1n) is 7.34. The van der Waals surface area contributed by atoms with E-state index in [-0.39, 0.29) is 13.2 Å². The van der Waals surface area contributed by atoms with Crippen LogP contribution in [0.4, 0.5) is 4.79 Å². The highest BCUT2D eigenvalue weighted by Crippen LogP contribution is 2.25. The minimum atomic E-state index is -1.36. The van der Waals surface area contributed by atoms with Crippen LogP contribution < -0.4 is 0 Å². The van der Waals surface area contributed by atoms with E-state index in [1.54, 1.807) is 37.3 Å². The van der Waals surface area contributed by atoms with Gasteiger partial charge in [-0.25, -0.2) is 14.5 Å². The monoisotopic (exact) mass is 335 g/mol. The highest BCUT2D eigenvalue weighted by molar-refractivity contribution is 6.01. The summed E-state index contributed by atoms with van der Waals surface area (Å²) in [5.41, 5.74) is 0.375. The number of hydrogen-bond donors (Lipinski definition) is 0. The van der Waals surface area contributed by atoms with Crippen molar-refractivity contribution in [2.75, 3.05) is 13.2 Å². The molecule has 8 heteroatoms. The molecule has 1 fully saturated rings. The highest BCUT2D eigenvalue weighted by atomic mass is 16.6. The van der Waals surface area contributed by atoms with Crippen molar-refractivity contribution in [3.8, 4) is 0 Å². The topological polar surface area (TPSA) is 99.2 Å². The van der Waals surface area contributed by atoms with Gasteiger partial charge in [0, 0.05) is 12.5 Å². The average Bonchev–Trinajstić information content (AvgIpc) is 2.94. The number of carbonyl (C=O) groups is 4. The molecule has 2 amide bonds. The molecule has 0 spiro atoms. The fourth-order valence-electron chi connectivity index (χ4n) is 2.26. The fraction of sp³-hybridized carbons (Fsp3) is 0.375. The molecule has 1 aliphatic heterocycles. The van der Waals surface area contributed by atoms with E-state index >= 15 is 0 Å². The standard InChI is InChI=1S/C16H17NO7/c1-3-22-15(20)12-9-23-16(21)17(12)14(19)13(24-10(2)18)11-7-5-4-6-8-11/h4-8,12-13H,3,9H2,1-2H3/t12-,13-/m0/s1. The van der Waals surface area contributed by atoms with Crippen molar-refractivity contribution in [1.82, 2.24) is 4.90 Å². The van der Waals surface area contributed by atoms with Gasteiger partial charge in [-0.2, -0.15) is 0 Å². The summed E-state index contributed by atoms with van der Waals surface area (Å²) >= 11 is 0. The fourth-order valence-corrected chi connectivity index (χ4v) is 2.26. The summed E-state index contributed by atoms with van der Waals surface area (Å²) in [7, 11) is 0. The van der Waals surface area contributed by atoms with Crippen LogP contribution in [0.2, 0.25) is 0 Å². The number of nitrogens with zero attached hydrogens (tertiary/aromatic N) is 1. The third-order valence-corrected chi connectivity index (χ3v) is 3.28. The van der Waals surface area contributed by atoms with E-state index in [0.717, 1.165) is 6.92 Å². The van der Waals surface area contributed by atoms with Crippen LogP contribution in [-0.4, -0.2) is 48.1 Å². The Balaban J connectivity index is 2.31. The van der Waals surface area contributed by atoms with Crippen LogP contribution in [0, 0.1) is 0 Å². The van der Waals surface area contributed by atoms with Crippen molar-refractivity contribution in [2.45, 2.75) is 26.0 Å². The Kier molecular flexibility index (Phi) is 5.51. The third-order valence-electron chi connectivity index (χ3n) is 3.28. The zero-order valence-electron chi connectivity index (χ0n) is 13.3. The maximum atomic E-state index is 12.8. The van der Waals surface area contributed by atoms with E-state index in [4.69, 9.17) is 14.2 Å². The van der Waals surface area contributed by atoms with Gasteiger partial charge in [-0.3, -0.25) is 9.59 Å². The van der Waals surface area contributed by atoms with Gasteiger partial charge < -0.3 is 14.2 Å². The zero-order valence-corrected chi connectivity index (χ0v) is 13.3. The minimum Gasteiger partial charge on any atom is -0.464 e.